The Bertz CT molecular complexity index is 697. The van der Waals surface area contributed by atoms with Gasteiger partial charge in [0.15, 0.2) is 5.82 Å². The van der Waals surface area contributed by atoms with E-state index in [2.05, 4.69) is 15.5 Å². The molecule has 2 rings (SSSR count). The number of amides is 1. The number of carbonyl (C=O) groups excluding carboxylic acids is 1. The summed E-state index contributed by atoms with van der Waals surface area (Å²) in [7, 11) is 0. The summed E-state index contributed by atoms with van der Waals surface area (Å²) >= 11 is 5.91. The van der Waals surface area contributed by atoms with Crippen molar-refractivity contribution < 1.29 is 9.32 Å². The third-order valence-corrected chi connectivity index (χ3v) is 3.93. The highest BCUT2D eigenvalue weighted by atomic mass is 35.5. The molecule has 1 aromatic heterocycles. The molecule has 0 fully saturated rings. The van der Waals surface area contributed by atoms with Gasteiger partial charge in [0.1, 0.15) is 0 Å². The lowest BCUT2D eigenvalue weighted by molar-refractivity contribution is 0.0907. The van der Waals surface area contributed by atoms with Crippen LogP contribution in [-0.4, -0.2) is 22.1 Å². The van der Waals surface area contributed by atoms with Crippen molar-refractivity contribution in [2.75, 3.05) is 0 Å². The minimum Gasteiger partial charge on any atom is -0.340 e. The lowest BCUT2D eigenvalue weighted by Gasteiger charge is -2.22. The number of hydrogen-bond acceptors (Lipinski definition) is 5. The monoisotopic (exact) mass is 336 g/mol. The van der Waals surface area contributed by atoms with E-state index in [1.807, 2.05) is 13.8 Å². The van der Waals surface area contributed by atoms with E-state index >= 15 is 0 Å². The van der Waals surface area contributed by atoms with E-state index < -0.39 is 5.54 Å². The molecule has 0 spiro atoms. The minimum absolute atomic E-state index is 0.0596. The molecular formula is C16H21ClN4O2. The zero-order chi connectivity index (χ0) is 17.2. The molecule has 0 radical (unpaired) electrons. The Morgan fingerprint density at radius 2 is 2.09 bits per heavy atom. The normalized spacial score (nSPS) is 14.3. The molecule has 0 aliphatic carbocycles. The predicted octanol–water partition coefficient (Wildman–Crippen LogP) is 2.84. The molecule has 1 heterocycles. The summed E-state index contributed by atoms with van der Waals surface area (Å²) in [4.78, 5) is 16.7. The fraction of sp³-hybridized carbons (Fsp3) is 0.438. The van der Waals surface area contributed by atoms with Gasteiger partial charge in [0.05, 0.1) is 11.5 Å². The van der Waals surface area contributed by atoms with Crippen LogP contribution in [0, 0.1) is 0 Å². The largest absolute Gasteiger partial charge is 0.340 e. The summed E-state index contributed by atoms with van der Waals surface area (Å²) in [6, 6.07) is 6.63. The van der Waals surface area contributed by atoms with Gasteiger partial charge in [-0.3, -0.25) is 4.79 Å². The average molecular weight is 337 g/mol. The van der Waals surface area contributed by atoms with Crippen molar-refractivity contribution in [3.8, 4) is 0 Å². The second-order valence-electron chi connectivity index (χ2n) is 6.19. The molecule has 7 heteroatoms. The van der Waals surface area contributed by atoms with Crippen LogP contribution in [0.25, 0.3) is 0 Å². The number of carbonyl (C=O) groups is 1. The maximum atomic E-state index is 12.4. The Hall–Kier alpha value is -1.92. The van der Waals surface area contributed by atoms with Crippen LogP contribution in [0.3, 0.4) is 0 Å². The summed E-state index contributed by atoms with van der Waals surface area (Å²) in [5.41, 5.74) is 5.52. The van der Waals surface area contributed by atoms with Gasteiger partial charge in [-0.1, -0.05) is 29.7 Å². The first-order valence-electron chi connectivity index (χ1n) is 7.38. The molecule has 2 atom stereocenters. The lowest BCUT2D eigenvalue weighted by Crippen LogP contribution is -2.42. The standard InChI is InChI=1S/C16H21ClN4O2/c1-9(10(2)18)14-19-15(21-23-14)16(3,4)20-13(22)11-6-5-7-12(17)8-11/h5-10H,18H2,1-4H3,(H,20,22). The van der Waals surface area contributed by atoms with Gasteiger partial charge >= 0.3 is 0 Å². The van der Waals surface area contributed by atoms with E-state index in [1.54, 1.807) is 38.1 Å². The fourth-order valence-corrected chi connectivity index (χ4v) is 2.13. The van der Waals surface area contributed by atoms with E-state index in [-0.39, 0.29) is 17.9 Å². The van der Waals surface area contributed by atoms with E-state index in [1.165, 1.54) is 0 Å². The van der Waals surface area contributed by atoms with Crippen LogP contribution in [0.4, 0.5) is 0 Å². The molecular weight excluding hydrogens is 316 g/mol. The van der Waals surface area contributed by atoms with Gasteiger partial charge in [-0.15, -0.1) is 0 Å². The topological polar surface area (TPSA) is 94.0 Å². The third-order valence-electron chi connectivity index (χ3n) is 3.69. The first kappa shape index (κ1) is 17.4. The Morgan fingerprint density at radius 3 is 2.70 bits per heavy atom. The van der Waals surface area contributed by atoms with Gasteiger partial charge in [0, 0.05) is 16.6 Å². The smallest absolute Gasteiger partial charge is 0.252 e. The molecule has 23 heavy (non-hydrogen) atoms. The van der Waals surface area contributed by atoms with Gasteiger partial charge < -0.3 is 15.6 Å². The van der Waals surface area contributed by atoms with E-state index in [0.717, 1.165) is 0 Å². The van der Waals surface area contributed by atoms with Gasteiger partial charge in [-0.2, -0.15) is 4.98 Å². The van der Waals surface area contributed by atoms with Crippen LogP contribution in [0.5, 0.6) is 0 Å². The highest BCUT2D eigenvalue weighted by Crippen LogP contribution is 2.22. The Labute approximate surface area is 140 Å². The number of rotatable bonds is 5. The van der Waals surface area contributed by atoms with Crippen molar-refractivity contribution in [2.45, 2.75) is 45.2 Å². The zero-order valence-electron chi connectivity index (χ0n) is 13.6. The minimum atomic E-state index is -0.793. The second-order valence-corrected chi connectivity index (χ2v) is 6.63. The molecule has 3 N–H and O–H groups in total. The molecule has 124 valence electrons. The number of hydrogen-bond donors (Lipinski definition) is 2. The first-order chi connectivity index (χ1) is 10.7. The summed E-state index contributed by atoms with van der Waals surface area (Å²) in [5, 5.41) is 7.36. The lowest BCUT2D eigenvalue weighted by atomic mass is 10.0. The maximum absolute atomic E-state index is 12.4. The molecule has 1 aromatic carbocycles. The SMILES string of the molecule is CC(N)C(C)c1nc(C(C)(C)NC(=O)c2cccc(Cl)c2)no1. The second kappa shape index (κ2) is 6.68. The first-order valence-corrected chi connectivity index (χ1v) is 7.76. The van der Waals surface area contributed by atoms with Crippen molar-refractivity contribution in [3.63, 3.8) is 0 Å². The third kappa shape index (κ3) is 4.09. The highest BCUT2D eigenvalue weighted by molar-refractivity contribution is 6.30. The summed E-state index contributed by atoms with van der Waals surface area (Å²) in [6.07, 6.45) is 0. The van der Waals surface area contributed by atoms with Gasteiger partial charge in [-0.25, -0.2) is 0 Å². The van der Waals surface area contributed by atoms with Gasteiger partial charge in [-0.05, 0) is 39.0 Å². The van der Waals surface area contributed by atoms with E-state index in [4.69, 9.17) is 21.9 Å². The average Bonchev–Trinajstić information content (AvgIpc) is 2.96. The van der Waals surface area contributed by atoms with Gasteiger partial charge in [0.2, 0.25) is 5.89 Å². The van der Waals surface area contributed by atoms with Crippen LogP contribution in [-0.2, 0) is 5.54 Å². The molecule has 0 aliphatic heterocycles. The maximum Gasteiger partial charge on any atom is 0.252 e. The van der Waals surface area contributed by atoms with Crippen LogP contribution < -0.4 is 11.1 Å². The molecule has 1 amide bonds. The predicted molar refractivity (Wildman–Crippen MR) is 88.3 cm³/mol. The molecule has 0 saturated carbocycles. The number of aromatic nitrogens is 2. The summed E-state index contributed by atoms with van der Waals surface area (Å²) < 4.78 is 5.27. The van der Waals surface area contributed by atoms with Gasteiger partial charge in [0.25, 0.3) is 5.91 Å². The number of nitrogens with two attached hydrogens (primary N) is 1. The number of benzene rings is 1. The summed E-state index contributed by atoms with van der Waals surface area (Å²) in [5.74, 6) is 0.537. The van der Waals surface area contributed by atoms with E-state index in [9.17, 15) is 4.79 Å². The number of halogens is 1. The van der Waals surface area contributed by atoms with Crippen LogP contribution in [0.2, 0.25) is 5.02 Å². The van der Waals surface area contributed by atoms with Crippen LogP contribution >= 0.6 is 11.6 Å². The molecule has 0 aliphatic rings. The van der Waals surface area contributed by atoms with Crippen molar-refractivity contribution in [1.29, 1.82) is 0 Å². The number of nitrogens with zero attached hydrogens (tertiary/aromatic N) is 2. The molecule has 2 unspecified atom stereocenters. The van der Waals surface area contributed by atoms with Crippen molar-refractivity contribution in [1.82, 2.24) is 15.5 Å². The van der Waals surface area contributed by atoms with Crippen molar-refractivity contribution >= 4 is 17.5 Å². The Kier molecular flexibility index (Phi) is 5.06. The Morgan fingerprint density at radius 1 is 1.39 bits per heavy atom. The molecule has 2 aromatic rings. The van der Waals surface area contributed by atoms with Crippen molar-refractivity contribution in [2.24, 2.45) is 5.73 Å². The van der Waals surface area contributed by atoms with Crippen molar-refractivity contribution in [3.05, 3.63) is 46.6 Å². The molecule has 0 saturated heterocycles. The molecule has 0 bridgehead atoms. The fourth-order valence-electron chi connectivity index (χ4n) is 1.94. The van der Waals surface area contributed by atoms with E-state index in [0.29, 0.717) is 22.3 Å². The van der Waals surface area contributed by atoms with Crippen LogP contribution in [0.15, 0.2) is 28.8 Å². The Balaban J connectivity index is 2.17. The summed E-state index contributed by atoms with van der Waals surface area (Å²) in [6.45, 7) is 7.40. The quantitative estimate of drug-likeness (QED) is 0.875. The number of nitrogens with one attached hydrogen (secondary N) is 1. The zero-order valence-corrected chi connectivity index (χ0v) is 14.4. The molecule has 6 nitrogen and oxygen atoms in total. The highest BCUT2D eigenvalue weighted by Gasteiger charge is 2.30. The van der Waals surface area contributed by atoms with Crippen LogP contribution in [0.1, 0.15) is 55.7 Å².